The summed E-state index contributed by atoms with van der Waals surface area (Å²) < 4.78 is 4.74. The maximum Gasteiger partial charge on any atom is 0.336 e. The van der Waals surface area contributed by atoms with Crippen LogP contribution in [0.5, 0.6) is 6.01 Å². The number of ether oxygens (including phenoxy) is 1. The zero-order chi connectivity index (χ0) is 9.97. The third-order valence-electron chi connectivity index (χ3n) is 1.79. The predicted octanol–water partition coefficient (Wildman–Crippen LogP) is 0.0972. The molecular formula is C7H11N5O2. The van der Waals surface area contributed by atoms with E-state index in [2.05, 4.69) is 25.8 Å². The highest BCUT2D eigenvalue weighted by molar-refractivity contribution is 5.87. The van der Waals surface area contributed by atoms with Crippen molar-refractivity contribution in [3.05, 3.63) is 0 Å². The molecular weight excluding hydrogens is 186 g/mol. The number of H-pyrrole nitrogens is 1. The molecule has 2 amide bonds. The molecule has 1 heterocycles. The summed E-state index contributed by atoms with van der Waals surface area (Å²) in [6.45, 7) is 0. The Kier molecular flexibility index (Phi) is 2.21. The van der Waals surface area contributed by atoms with E-state index >= 15 is 0 Å². The Morgan fingerprint density at radius 2 is 2.43 bits per heavy atom. The quantitative estimate of drug-likeness (QED) is 0.640. The van der Waals surface area contributed by atoms with Crippen molar-refractivity contribution in [2.24, 2.45) is 0 Å². The number of hydrogen-bond donors (Lipinski definition) is 3. The Hall–Kier alpha value is -1.79. The number of nitrogens with zero attached hydrogens (tertiary/aromatic N) is 2. The highest BCUT2D eigenvalue weighted by Crippen LogP contribution is 2.18. The first kappa shape index (κ1) is 8.79. The summed E-state index contributed by atoms with van der Waals surface area (Å²) in [7, 11) is 1.46. The molecule has 1 fully saturated rings. The predicted molar refractivity (Wildman–Crippen MR) is 48.1 cm³/mol. The van der Waals surface area contributed by atoms with E-state index in [0.29, 0.717) is 6.04 Å². The zero-order valence-corrected chi connectivity index (χ0v) is 7.70. The molecule has 7 heteroatoms. The molecule has 0 saturated heterocycles. The average Bonchev–Trinajstić information content (AvgIpc) is 2.83. The van der Waals surface area contributed by atoms with Gasteiger partial charge in [0.15, 0.2) is 0 Å². The Morgan fingerprint density at radius 1 is 1.64 bits per heavy atom. The molecule has 0 spiro atoms. The van der Waals surface area contributed by atoms with Gasteiger partial charge in [0, 0.05) is 6.04 Å². The van der Waals surface area contributed by atoms with E-state index in [0.717, 1.165) is 12.8 Å². The SMILES string of the molecule is COc1n[nH]c(NC(=O)NC2CC2)n1. The second-order valence-electron chi connectivity index (χ2n) is 3.04. The van der Waals surface area contributed by atoms with Crippen LogP contribution in [0.1, 0.15) is 12.8 Å². The van der Waals surface area contributed by atoms with Crippen LogP contribution >= 0.6 is 0 Å². The molecule has 1 aliphatic carbocycles. The molecule has 0 aromatic carbocycles. The monoisotopic (exact) mass is 197 g/mol. The zero-order valence-electron chi connectivity index (χ0n) is 7.70. The van der Waals surface area contributed by atoms with Gasteiger partial charge in [0.05, 0.1) is 7.11 Å². The topological polar surface area (TPSA) is 91.9 Å². The smallest absolute Gasteiger partial charge is 0.336 e. The number of aromatic amines is 1. The van der Waals surface area contributed by atoms with Crippen molar-refractivity contribution >= 4 is 12.0 Å². The molecule has 3 N–H and O–H groups in total. The number of carbonyl (C=O) groups is 1. The largest absolute Gasteiger partial charge is 0.466 e. The normalized spacial score (nSPS) is 14.9. The molecule has 1 aromatic heterocycles. The first-order valence-corrected chi connectivity index (χ1v) is 4.32. The maximum absolute atomic E-state index is 11.2. The fourth-order valence-electron chi connectivity index (χ4n) is 0.950. The van der Waals surface area contributed by atoms with Crippen molar-refractivity contribution in [2.75, 3.05) is 12.4 Å². The molecule has 1 aromatic rings. The van der Waals surface area contributed by atoms with E-state index in [1.165, 1.54) is 7.11 Å². The summed E-state index contributed by atoms with van der Waals surface area (Å²) in [6.07, 6.45) is 2.10. The van der Waals surface area contributed by atoms with Crippen LogP contribution < -0.4 is 15.4 Å². The van der Waals surface area contributed by atoms with Crippen LogP contribution in [-0.2, 0) is 0 Å². The van der Waals surface area contributed by atoms with Gasteiger partial charge in [-0.3, -0.25) is 5.32 Å². The molecule has 0 radical (unpaired) electrons. The van der Waals surface area contributed by atoms with Crippen molar-refractivity contribution in [2.45, 2.75) is 18.9 Å². The van der Waals surface area contributed by atoms with Gasteiger partial charge in [0.25, 0.3) is 0 Å². The summed E-state index contributed by atoms with van der Waals surface area (Å²) in [5.41, 5.74) is 0. The highest BCUT2D eigenvalue weighted by atomic mass is 16.5. The summed E-state index contributed by atoms with van der Waals surface area (Å²) in [6, 6.07) is 0.248. The number of hydrogen-bond acceptors (Lipinski definition) is 4. The molecule has 0 unspecified atom stereocenters. The van der Waals surface area contributed by atoms with E-state index in [1.807, 2.05) is 0 Å². The van der Waals surface area contributed by atoms with E-state index in [-0.39, 0.29) is 18.0 Å². The highest BCUT2D eigenvalue weighted by Gasteiger charge is 2.23. The van der Waals surface area contributed by atoms with Gasteiger partial charge in [0.1, 0.15) is 0 Å². The van der Waals surface area contributed by atoms with Crippen LogP contribution in [-0.4, -0.2) is 34.4 Å². The summed E-state index contributed by atoms with van der Waals surface area (Å²) >= 11 is 0. The van der Waals surface area contributed by atoms with Crippen LogP contribution in [0.4, 0.5) is 10.7 Å². The van der Waals surface area contributed by atoms with E-state index < -0.39 is 0 Å². The molecule has 1 saturated carbocycles. The fraction of sp³-hybridized carbons (Fsp3) is 0.571. The van der Waals surface area contributed by atoms with Crippen molar-refractivity contribution in [1.29, 1.82) is 0 Å². The number of carbonyl (C=O) groups excluding carboxylic acids is 1. The average molecular weight is 197 g/mol. The Labute approximate surface area is 80.2 Å². The van der Waals surface area contributed by atoms with Gasteiger partial charge >= 0.3 is 12.0 Å². The lowest BCUT2D eigenvalue weighted by atomic mass is 10.7. The summed E-state index contributed by atoms with van der Waals surface area (Å²) in [5.74, 6) is 0.278. The fourth-order valence-corrected chi connectivity index (χ4v) is 0.950. The van der Waals surface area contributed by atoms with Gasteiger partial charge in [0.2, 0.25) is 5.95 Å². The van der Waals surface area contributed by atoms with E-state index in [1.54, 1.807) is 0 Å². The third kappa shape index (κ3) is 2.12. The van der Waals surface area contributed by atoms with Gasteiger partial charge in [-0.15, -0.1) is 5.10 Å². The van der Waals surface area contributed by atoms with Crippen molar-refractivity contribution in [3.8, 4) is 6.01 Å². The van der Waals surface area contributed by atoms with Crippen LogP contribution in [0, 0.1) is 0 Å². The Morgan fingerprint density at radius 3 is 3.00 bits per heavy atom. The molecule has 76 valence electrons. The molecule has 2 rings (SSSR count). The number of nitrogens with one attached hydrogen (secondary N) is 3. The summed E-state index contributed by atoms with van der Waals surface area (Å²) in [4.78, 5) is 15.0. The lowest BCUT2D eigenvalue weighted by molar-refractivity contribution is 0.251. The number of amides is 2. The molecule has 14 heavy (non-hydrogen) atoms. The van der Waals surface area contributed by atoms with Crippen molar-refractivity contribution in [3.63, 3.8) is 0 Å². The Balaban J connectivity index is 1.85. The maximum atomic E-state index is 11.2. The number of urea groups is 1. The number of methoxy groups -OCH3 is 1. The van der Waals surface area contributed by atoms with Gasteiger partial charge in [-0.1, -0.05) is 0 Å². The van der Waals surface area contributed by atoms with E-state index in [9.17, 15) is 4.79 Å². The minimum absolute atomic E-state index is 0.201. The summed E-state index contributed by atoms with van der Waals surface area (Å²) in [5, 5.41) is 11.5. The van der Waals surface area contributed by atoms with Crippen LogP contribution in [0.15, 0.2) is 0 Å². The molecule has 0 bridgehead atoms. The second kappa shape index (κ2) is 3.52. The second-order valence-corrected chi connectivity index (χ2v) is 3.04. The minimum atomic E-state index is -0.272. The van der Waals surface area contributed by atoms with Crippen molar-refractivity contribution < 1.29 is 9.53 Å². The van der Waals surface area contributed by atoms with Crippen molar-refractivity contribution in [1.82, 2.24) is 20.5 Å². The lowest BCUT2D eigenvalue weighted by Crippen LogP contribution is -2.30. The van der Waals surface area contributed by atoms with Gasteiger partial charge < -0.3 is 10.1 Å². The number of aromatic nitrogens is 3. The van der Waals surface area contributed by atoms with Gasteiger partial charge in [-0.2, -0.15) is 4.98 Å². The third-order valence-corrected chi connectivity index (χ3v) is 1.79. The van der Waals surface area contributed by atoms with Gasteiger partial charge in [-0.05, 0) is 12.8 Å². The van der Waals surface area contributed by atoms with Crippen LogP contribution in [0.25, 0.3) is 0 Å². The Bertz CT molecular complexity index is 333. The van der Waals surface area contributed by atoms with Crippen LogP contribution in [0.3, 0.4) is 0 Å². The minimum Gasteiger partial charge on any atom is -0.466 e. The molecule has 0 aliphatic heterocycles. The number of anilines is 1. The molecule has 0 atom stereocenters. The van der Waals surface area contributed by atoms with E-state index in [4.69, 9.17) is 4.74 Å². The van der Waals surface area contributed by atoms with Gasteiger partial charge in [-0.25, -0.2) is 9.89 Å². The first-order valence-electron chi connectivity index (χ1n) is 4.32. The standard InChI is InChI=1S/C7H11N5O2/c1-14-7-10-5(11-12-7)9-6(13)8-4-2-3-4/h4H,2-3H2,1H3,(H3,8,9,10,11,12,13). The molecule has 7 nitrogen and oxygen atoms in total. The number of rotatable bonds is 3. The lowest BCUT2D eigenvalue weighted by Gasteiger charge is -2.01. The first-order chi connectivity index (χ1) is 6.78. The van der Waals surface area contributed by atoms with Crippen LogP contribution in [0.2, 0.25) is 0 Å². The molecule has 1 aliphatic rings.